The molecule has 0 radical (unpaired) electrons. The first-order valence-corrected chi connectivity index (χ1v) is 8.04. The van der Waals surface area contributed by atoms with Gasteiger partial charge >= 0.3 is 0 Å². The number of hydrogen-bond acceptors (Lipinski definition) is 5. The lowest BCUT2D eigenvalue weighted by Gasteiger charge is -2.06. The summed E-state index contributed by atoms with van der Waals surface area (Å²) in [6.07, 6.45) is 1.33. The van der Waals surface area contributed by atoms with Crippen molar-refractivity contribution in [3.05, 3.63) is 81.6 Å². The number of aromatic nitrogens is 4. The molecule has 0 aliphatic rings. The molecule has 0 fully saturated rings. The zero-order valence-electron chi connectivity index (χ0n) is 13.4. The molecule has 2 aromatic carbocycles. The monoisotopic (exact) mass is 386 g/mol. The average molecular weight is 387 g/mol. The van der Waals surface area contributed by atoms with Crippen LogP contribution in [0.5, 0.6) is 0 Å². The van der Waals surface area contributed by atoms with Gasteiger partial charge in [-0.25, -0.2) is 13.5 Å². The maximum Gasteiger partial charge on any atom is 0.282 e. The molecule has 134 valence electrons. The van der Waals surface area contributed by atoms with E-state index in [0.717, 1.165) is 12.1 Å². The van der Waals surface area contributed by atoms with Crippen LogP contribution in [-0.4, -0.2) is 19.9 Å². The van der Waals surface area contributed by atoms with E-state index in [9.17, 15) is 13.6 Å². The highest BCUT2D eigenvalue weighted by Gasteiger charge is 2.16. The lowest BCUT2D eigenvalue weighted by Crippen LogP contribution is -2.13. The van der Waals surface area contributed by atoms with Crippen LogP contribution < -0.4 is 5.43 Å². The van der Waals surface area contributed by atoms with Gasteiger partial charge in [0.1, 0.15) is 0 Å². The number of rotatable bonds is 3. The molecule has 0 atom stereocenters. The van der Waals surface area contributed by atoms with Crippen LogP contribution in [-0.2, 0) is 0 Å². The van der Waals surface area contributed by atoms with Crippen molar-refractivity contribution in [1.82, 2.24) is 19.9 Å². The van der Waals surface area contributed by atoms with E-state index < -0.39 is 17.1 Å². The van der Waals surface area contributed by atoms with E-state index in [1.54, 1.807) is 24.3 Å². The maximum atomic E-state index is 13.5. The molecule has 0 saturated heterocycles. The Labute approximate surface area is 155 Å². The SMILES string of the molecule is O=c1ccn(-c2ccc(F)c(F)c2)nc1-c1nc(-c2ccc(Cl)cc2)no1. The number of halogens is 3. The lowest BCUT2D eigenvalue weighted by molar-refractivity contribution is 0.429. The van der Waals surface area contributed by atoms with Crippen LogP contribution >= 0.6 is 11.6 Å². The zero-order valence-corrected chi connectivity index (χ0v) is 14.2. The molecule has 4 rings (SSSR count). The molecule has 4 aromatic rings. The normalized spacial score (nSPS) is 10.9. The molecule has 0 unspecified atom stereocenters. The van der Waals surface area contributed by atoms with E-state index in [2.05, 4.69) is 15.2 Å². The van der Waals surface area contributed by atoms with Crippen molar-refractivity contribution in [2.24, 2.45) is 0 Å². The van der Waals surface area contributed by atoms with E-state index in [1.807, 2.05) is 0 Å². The minimum atomic E-state index is -1.03. The fourth-order valence-corrected chi connectivity index (χ4v) is 2.49. The Balaban J connectivity index is 1.75. The van der Waals surface area contributed by atoms with Crippen molar-refractivity contribution >= 4 is 11.6 Å². The molecule has 0 amide bonds. The Morgan fingerprint density at radius 2 is 1.78 bits per heavy atom. The van der Waals surface area contributed by atoms with Crippen LogP contribution in [0.15, 0.2) is 64.0 Å². The van der Waals surface area contributed by atoms with E-state index in [1.165, 1.54) is 23.0 Å². The van der Waals surface area contributed by atoms with Crippen molar-refractivity contribution in [1.29, 1.82) is 0 Å². The highest BCUT2D eigenvalue weighted by Crippen LogP contribution is 2.21. The molecule has 0 N–H and O–H groups in total. The summed E-state index contributed by atoms with van der Waals surface area (Å²) in [4.78, 5) is 16.3. The summed E-state index contributed by atoms with van der Waals surface area (Å²) in [6.45, 7) is 0. The molecule has 2 heterocycles. The summed E-state index contributed by atoms with van der Waals surface area (Å²) in [6, 6.07) is 11.2. The molecular formula is C18H9ClF2N4O2. The molecule has 0 spiro atoms. The summed E-state index contributed by atoms with van der Waals surface area (Å²) in [5.41, 5.74) is 0.300. The fraction of sp³-hybridized carbons (Fsp3) is 0. The lowest BCUT2D eigenvalue weighted by atomic mass is 10.2. The third kappa shape index (κ3) is 3.34. The van der Waals surface area contributed by atoms with Crippen molar-refractivity contribution in [3.8, 4) is 28.7 Å². The first kappa shape index (κ1) is 17.0. The predicted molar refractivity (Wildman–Crippen MR) is 93.5 cm³/mol. The van der Waals surface area contributed by atoms with Gasteiger partial charge in [-0.1, -0.05) is 16.8 Å². The van der Waals surface area contributed by atoms with E-state index in [4.69, 9.17) is 16.1 Å². The van der Waals surface area contributed by atoms with Crippen LogP contribution in [0.1, 0.15) is 0 Å². The molecule has 2 aromatic heterocycles. The highest BCUT2D eigenvalue weighted by atomic mass is 35.5. The highest BCUT2D eigenvalue weighted by molar-refractivity contribution is 6.30. The Bertz CT molecular complexity index is 1190. The second kappa shape index (κ2) is 6.73. The van der Waals surface area contributed by atoms with Gasteiger partial charge in [-0.15, -0.1) is 0 Å². The van der Waals surface area contributed by atoms with Crippen molar-refractivity contribution in [2.45, 2.75) is 0 Å². The van der Waals surface area contributed by atoms with Crippen molar-refractivity contribution < 1.29 is 13.3 Å². The smallest absolute Gasteiger partial charge is 0.282 e. The van der Waals surface area contributed by atoms with Gasteiger partial charge in [0.15, 0.2) is 17.3 Å². The fourth-order valence-electron chi connectivity index (χ4n) is 2.36. The summed E-state index contributed by atoms with van der Waals surface area (Å²) in [7, 11) is 0. The first-order chi connectivity index (χ1) is 13.0. The van der Waals surface area contributed by atoms with Gasteiger partial charge in [-0.2, -0.15) is 10.1 Å². The average Bonchev–Trinajstić information content (AvgIpc) is 3.15. The summed E-state index contributed by atoms with van der Waals surface area (Å²) in [5, 5.41) is 8.49. The number of benzene rings is 2. The molecule has 0 saturated carbocycles. The standard InChI is InChI=1S/C18H9ClF2N4O2/c19-11-3-1-10(2-4-11)17-22-18(27-24-17)16-15(26)7-8-25(23-16)12-5-6-13(20)14(21)9-12/h1-9H. The first-order valence-electron chi connectivity index (χ1n) is 7.67. The third-order valence-corrected chi connectivity index (χ3v) is 3.96. The topological polar surface area (TPSA) is 73.8 Å². The largest absolute Gasteiger partial charge is 0.332 e. The van der Waals surface area contributed by atoms with Gasteiger partial charge in [-0.05, 0) is 36.4 Å². The van der Waals surface area contributed by atoms with Crippen LogP contribution in [0, 0.1) is 11.6 Å². The minimum absolute atomic E-state index is 0.0955. The van der Waals surface area contributed by atoms with E-state index in [-0.39, 0.29) is 23.1 Å². The second-order valence-corrected chi connectivity index (χ2v) is 5.94. The van der Waals surface area contributed by atoms with Gasteiger partial charge in [0, 0.05) is 28.9 Å². The van der Waals surface area contributed by atoms with E-state index >= 15 is 0 Å². The minimum Gasteiger partial charge on any atom is -0.332 e. The van der Waals surface area contributed by atoms with Gasteiger partial charge in [0.2, 0.25) is 11.3 Å². The van der Waals surface area contributed by atoms with Gasteiger partial charge < -0.3 is 4.52 Å². The van der Waals surface area contributed by atoms with Crippen molar-refractivity contribution in [3.63, 3.8) is 0 Å². The molecular weight excluding hydrogens is 378 g/mol. The second-order valence-electron chi connectivity index (χ2n) is 5.50. The summed E-state index contributed by atoms with van der Waals surface area (Å²) in [5.74, 6) is -1.85. The van der Waals surface area contributed by atoms with Crippen LogP contribution in [0.25, 0.3) is 28.7 Å². The quantitative estimate of drug-likeness (QED) is 0.534. The zero-order chi connectivity index (χ0) is 19.0. The molecule has 9 heteroatoms. The van der Waals surface area contributed by atoms with Crippen LogP contribution in [0.3, 0.4) is 0 Å². The Morgan fingerprint density at radius 3 is 2.52 bits per heavy atom. The molecule has 0 aliphatic heterocycles. The molecule has 27 heavy (non-hydrogen) atoms. The maximum absolute atomic E-state index is 13.5. The Kier molecular flexibility index (Phi) is 4.25. The predicted octanol–water partition coefficient (Wildman–Crippen LogP) is 3.88. The molecule has 6 nitrogen and oxygen atoms in total. The number of hydrogen-bond donors (Lipinski definition) is 0. The van der Waals surface area contributed by atoms with E-state index in [0.29, 0.717) is 10.6 Å². The third-order valence-electron chi connectivity index (χ3n) is 3.71. The van der Waals surface area contributed by atoms with Gasteiger partial charge in [0.25, 0.3) is 5.89 Å². The Hall–Kier alpha value is -3.39. The summed E-state index contributed by atoms with van der Waals surface area (Å²) < 4.78 is 32.9. The van der Waals surface area contributed by atoms with Crippen molar-refractivity contribution in [2.75, 3.05) is 0 Å². The number of nitrogens with zero attached hydrogens (tertiary/aromatic N) is 4. The summed E-state index contributed by atoms with van der Waals surface area (Å²) >= 11 is 5.85. The Morgan fingerprint density at radius 1 is 1.00 bits per heavy atom. The van der Waals surface area contributed by atoms with Gasteiger partial charge in [0.05, 0.1) is 5.69 Å². The van der Waals surface area contributed by atoms with Crippen LogP contribution in [0.2, 0.25) is 5.02 Å². The molecule has 0 bridgehead atoms. The van der Waals surface area contributed by atoms with Gasteiger partial charge in [-0.3, -0.25) is 4.79 Å². The molecule has 0 aliphatic carbocycles. The van der Waals surface area contributed by atoms with Crippen LogP contribution in [0.4, 0.5) is 8.78 Å².